The first-order chi connectivity index (χ1) is 10.6. The lowest BCUT2D eigenvalue weighted by atomic mass is 10.1. The first-order valence-electron chi connectivity index (χ1n) is 7.48. The van der Waals surface area contributed by atoms with Crippen LogP contribution in [-0.2, 0) is 0 Å². The molecule has 0 saturated carbocycles. The van der Waals surface area contributed by atoms with Crippen LogP contribution in [0.1, 0.15) is 24.0 Å². The lowest BCUT2D eigenvalue weighted by Crippen LogP contribution is -2.19. The Morgan fingerprint density at radius 1 is 1.14 bits per heavy atom. The molecule has 1 aliphatic heterocycles. The summed E-state index contributed by atoms with van der Waals surface area (Å²) in [5.41, 5.74) is 3.49. The van der Waals surface area contributed by atoms with Gasteiger partial charge in [0.1, 0.15) is 5.82 Å². The molecular weight excluding hydrogens is 390 g/mol. The van der Waals surface area contributed by atoms with E-state index in [4.69, 9.17) is 0 Å². The third-order valence-corrected chi connectivity index (χ3v) is 4.68. The zero-order chi connectivity index (χ0) is 15.5. The molecule has 1 saturated heterocycles. The van der Waals surface area contributed by atoms with Gasteiger partial charge in [-0.1, -0.05) is 0 Å². The zero-order valence-electron chi connectivity index (χ0n) is 12.5. The molecule has 2 nitrogen and oxygen atoms in total. The SMILES string of the molecule is Cc1cc(N2CCCC2)c(F)cc1C=Nc1ccc(I)cc1. The second-order valence-electron chi connectivity index (χ2n) is 5.59. The Kier molecular flexibility index (Phi) is 4.76. The van der Waals surface area contributed by atoms with Gasteiger partial charge in [-0.15, -0.1) is 0 Å². The predicted octanol–water partition coefficient (Wildman–Crippen LogP) is 5.09. The third-order valence-electron chi connectivity index (χ3n) is 3.96. The third kappa shape index (κ3) is 3.48. The molecule has 1 aliphatic rings. The van der Waals surface area contributed by atoms with Gasteiger partial charge in [-0.05, 0) is 89.9 Å². The number of anilines is 1. The van der Waals surface area contributed by atoms with E-state index < -0.39 is 0 Å². The van der Waals surface area contributed by atoms with E-state index in [1.165, 1.54) is 3.57 Å². The molecule has 0 aliphatic carbocycles. The van der Waals surface area contributed by atoms with E-state index in [1.807, 2.05) is 37.3 Å². The lowest BCUT2D eigenvalue weighted by molar-refractivity contribution is 0.622. The minimum Gasteiger partial charge on any atom is -0.369 e. The van der Waals surface area contributed by atoms with Crippen LogP contribution in [0.15, 0.2) is 41.4 Å². The van der Waals surface area contributed by atoms with Crippen LogP contribution in [0.25, 0.3) is 0 Å². The van der Waals surface area contributed by atoms with Crippen LogP contribution in [-0.4, -0.2) is 19.3 Å². The van der Waals surface area contributed by atoms with Crippen molar-refractivity contribution in [3.8, 4) is 0 Å². The van der Waals surface area contributed by atoms with Gasteiger partial charge >= 0.3 is 0 Å². The lowest BCUT2D eigenvalue weighted by Gasteiger charge is -2.19. The maximum atomic E-state index is 14.4. The van der Waals surface area contributed by atoms with Crippen LogP contribution in [0.3, 0.4) is 0 Å². The average molecular weight is 408 g/mol. The van der Waals surface area contributed by atoms with Gasteiger partial charge in [-0.25, -0.2) is 4.39 Å². The highest BCUT2D eigenvalue weighted by atomic mass is 127. The summed E-state index contributed by atoms with van der Waals surface area (Å²) in [5.74, 6) is -0.156. The number of rotatable bonds is 3. The molecule has 0 aromatic heterocycles. The Hall–Kier alpha value is -1.43. The summed E-state index contributed by atoms with van der Waals surface area (Å²) in [6.45, 7) is 3.91. The average Bonchev–Trinajstić information content (AvgIpc) is 3.03. The van der Waals surface area contributed by atoms with E-state index in [0.29, 0.717) is 0 Å². The Balaban J connectivity index is 1.85. The first kappa shape index (κ1) is 15.5. The van der Waals surface area contributed by atoms with Crippen molar-refractivity contribution in [2.45, 2.75) is 19.8 Å². The summed E-state index contributed by atoms with van der Waals surface area (Å²) in [6, 6.07) is 11.5. The van der Waals surface area contributed by atoms with Crippen molar-refractivity contribution in [2.24, 2.45) is 4.99 Å². The van der Waals surface area contributed by atoms with E-state index in [2.05, 4.69) is 32.5 Å². The zero-order valence-corrected chi connectivity index (χ0v) is 14.7. The van der Waals surface area contributed by atoms with E-state index in [1.54, 1.807) is 12.3 Å². The molecule has 0 N–H and O–H groups in total. The number of hydrogen-bond acceptors (Lipinski definition) is 2. The van der Waals surface area contributed by atoms with E-state index in [-0.39, 0.29) is 5.82 Å². The number of nitrogens with zero attached hydrogens (tertiary/aromatic N) is 2. The van der Waals surface area contributed by atoms with Gasteiger partial charge < -0.3 is 4.90 Å². The van der Waals surface area contributed by atoms with E-state index in [0.717, 1.165) is 48.4 Å². The molecule has 22 heavy (non-hydrogen) atoms. The quantitative estimate of drug-likeness (QED) is 0.511. The fourth-order valence-electron chi connectivity index (χ4n) is 2.69. The summed E-state index contributed by atoms with van der Waals surface area (Å²) in [6.07, 6.45) is 4.04. The Morgan fingerprint density at radius 3 is 2.50 bits per heavy atom. The summed E-state index contributed by atoms with van der Waals surface area (Å²) < 4.78 is 15.5. The smallest absolute Gasteiger partial charge is 0.147 e. The van der Waals surface area contributed by atoms with Crippen molar-refractivity contribution in [2.75, 3.05) is 18.0 Å². The van der Waals surface area contributed by atoms with Crippen LogP contribution in [0.4, 0.5) is 15.8 Å². The monoisotopic (exact) mass is 408 g/mol. The summed E-state index contributed by atoms with van der Waals surface area (Å²) in [4.78, 5) is 6.57. The molecule has 0 radical (unpaired) electrons. The van der Waals surface area contributed by atoms with Crippen LogP contribution >= 0.6 is 22.6 Å². The van der Waals surface area contributed by atoms with E-state index in [9.17, 15) is 4.39 Å². The highest BCUT2D eigenvalue weighted by Gasteiger charge is 2.17. The van der Waals surface area contributed by atoms with E-state index >= 15 is 0 Å². The topological polar surface area (TPSA) is 15.6 Å². The minimum absolute atomic E-state index is 0.156. The summed E-state index contributed by atoms with van der Waals surface area (Å²) >= 11 is 2.26. The molecule has 3 rings (SSSR count). The standard InChI is InChI=1S/C18H18FIN2/c1-13-10-18(22-8-2-3-9-22)17(19)11-14(13)12-21-16-6-4-15(20)5-7-16/h4-7,10-12H,2-3,8-9H2,1H3. The van der Waals surface area contributed by atoms with Crippen LogP contribution in [0.2, 0.25) is 0 Å². The van der Waals surface area contributed by atoms with Gasteiger partial charge in [0.25, 0.3) is 0 Å². The van der Waals surface area contributed by atoms with Crippen molar-refractivity contribution in [3.05, 3.63) is 56.9 Å². The minimum atomic E-state index is -0.156. The highest BCUT2D eigenvalue weighted by molar-refractivity contribution is 14.1. The molecule has 2 aromatic rings. The van der Waals surface area contributed by atoms with Crippen molar-refractivity contribution < 1.29 is 4.39 Å². The summed E-state index contributed by atoms with van der Waals surface area (Å²) in [7, 11) is 0. The molecule has 114 valence electrons. The van der Waals surface area contributed by atoms with Crippen molar-refractivity contribution in [1.82, 2.24) is 0 Å². The molecular formula is C18H18FIN2. The Labute approximate surface area is 144 Å². The van der Waals surface area contributed by atoms with Crippen molar-refractivity contribution >= 4 is 40.2 Å². The number of aryl methyl sites for hydroxylation is 1. The second-order valence-corrected chi connectivity index (χ2v) is 6.83. The Bertz CT molecular complexity index is 689. The molecule has 0 atom stereocenters. The normalized spacial score (nSPS) is 15.0. The first-order valence-corrected chi connectivity index (χ1v) is 8.56. The van der Waals surface area contributed by atoms with Gasteiger partial charge in [0.05, 0.1) is 11.4 Å². The van der Waals surface area contributed by atoms with Crippen LogP contribution < -0.4 is 4.90 Å². The Morgan fingerprint density at radius 2 is 1.82 bits per heavy atom. The van der Waals surface area contributed by atoms with Gasteiger partial charge in [0, 0.05) is 22.9 Å². The molecule has 4 heteroatoms. The van der Waals surface area contributed by atoms with Gasteiger partial charge in [0.2, 0.25) is 0 Å². The second kappa shape index (κ2) is 6.77. The molecule has 2 aromatic carbocycles. The van der Waals surface area contributed by atoms with Gasteiger partial charge in [0.15, 0.2) is 0 Å². The predicted molar refractivity (Wildman–Crippen MR) is 99.0 cm³/mol. The molecule has 1 heterocycles. The number of aliphatic imine (C=N–C) groups is 1. The van der Waals surface area contributed by atoms with Crippen LogP contribution in [0.5, 0.6) is 0 Å². The van der Waals surface area contributed by atoms with Crippen LogP contribution in [0, 0.1) is 16.3 Å². The van der Waals surface area contributed by atoms with Crippen molar-refractivity contribution in [3.63, 3.8) is 0 Å². The molecule has 0 unspecified atom stereocenters. The largest absolute Gasteiger partial charge is 0.369 e. The number of hydrogen-bond donors (Lipinski definition) is 0. The molecule has 0 spiro atoms. The maximum absolute atomic E-state index is 14.4. The van der Waals surface area contributed by atoms with Crippen molar-refractivity contribution in [1.29, 1.82) is 0 Å². The number of benzene rings is 2. The fraction of sp³-hybridized carbons (Fsp3) is 0.278. The molecule has 0 bridgehead atoms. The molecule has 1 fully saturated rings. The maximum Gasteiger partial charge on any atom is 0.147 e. The van der Waals surface area contributed by atoms with Gasteiger partial charge in [-0.3, -0.25) is 4.99 Å². The van der Waals surface area contributed by atoms with Gasteiger partial charge in [-0.2, -0.15) is 0 Å². The number of halogens is 2. The molecule has 0 amide bonds. The summed E-state index contributed by atoms with van der Waals surface area (Å²) in [5, 5.41) is 0. The fourth-order valence-corrected chi connectivity index (χ4v) is 3.05. The highest BCUT2D eigenvalue weighted by Crippen LogP contribution is 2.26.